The van der Waals surface area contributed by atoms with Crippen molar-refractivity contribution in [1.29, 1.82) is 0 Å². The van der Waals surface area contributed by atoms with Crippen LogP contribution < -0.4 is 10.6 Å². The van der Waals surface area contributed by atoms with E-state index in [1.54, 1.807) is 23.1 Å². The molecule has 0 aliphatic carbocycles. The zero-order valence-electron chi connectivity index (χ0n) is 26.6. The topological polar surface area (TPSA) is 126 Å². The van der Waals surface area contributed by atoms with E-state index in [0.717, 1.165) is 18.5 Å². The summed E-state index contributed by atoms with van der Waals surface area (Å²) in [4.78, 5) is 61.1. The Morgan fingerprint density at radius 3 is 2.30 bits per heavy atom. The van der Waals surface area contributed by atoms with Gasteiger partial charge in [0.05, 0.1) is 38.0 Å². The molecule has 2 aromatic rings. The predicted octanol–water partition coefficient (Wildman–Crippen LogP) is 4.14. The fourth-order valence-corrected chi connectivity index (χ4v) is 7.45. The lowest BCUT2D eigenvalue weighted by molar-refractivity contribution is -0.144. The lowest BCUT2D eigenvalue weighted by Gasteiger charge is -2.37. The first kappa shape index (κ1) is 34.8. The number of nitrogens with one attached hydrogen (secondary N) is 2. The number of hydrogen-bond donors (Lipinski definition) is 2. The standard InChI is InChI=1S/C35H40Cl2N4O6/c1-46-34(44)31-26(12-11-21-7-4-3-5-8-21)40-27(32(35(45)47-2)33(31)30-24(36)9-6-10-25(30)37)18-29(43)41-16-15-39-20-23(41)17-28(42)22-13-14-38-19-22/h3-10,22-23,31,33,38-39H,11-20H2,1-2H3. The number of hydrogen-bond acceptors (Lipinski definition) is 9. The SMILES string of the molecule is COC(=O)C1=C(CC(=O)N2CCNCC2CC(=O)C2CCNC2)N=C(CCc2ccccc2)C(C(=O)OC)C1c1c(Cl)cccc1Cl. The van der Waals surface area contributed by atoms with Crippen molar-refractivity contribution in [3.8, 4) is 0 Å². The summed E-state index contributed by atoms with van der Waals surface area (Å²) in [5.74, 6) is -3.67. The molecule has 3 aliphatic rings. The Bertz CT molecular complexity index is 1540. The zero-order valence-corrected chi connectivity index (χ0v) is 28.1. The van der Waals surface area contributed by atoms with Crippen molar-refractivity contribution >= 4 is 52.5 Å². The Morgan fingerprint density at radius 2 is 1.64 bits per heavy atom. The van der Waals surface area contributed by atoms with E-state index >= 15 is 0 Å². The van der Waals surface area contributed by atoms with Crippen LogP contribution in [0.1, 0.15) is 42.7 Å². The number of carbonyl (C=O) groups excluding carboxylic acids is 4. The van der Waals surface area contributed by atoms with Gasteiger partial charge in [-0.05, 0) is 49.1 Å². The van der Waals surface area contributed by atoms with Gasteiger partial charge < -0.3 is 25.0 Å². The minimum absolute atomic E-state index is 0.0227. The number of ketones is 1. The monoisotopic (exact) mass is 682 g/mol. The molecule has 0 aromatic heterocycles. The maximum atomic E-state index is 14.1. The number of halogens is 2. The van der Waals surface area contributed by atoms with Crippen LogP contribution >= 0.6 is 23.2 Å². The molecule has 3 heterocycles. The maximum absolute atomic E-state index is 14.1. The van der Waals surface area contributed by atoms with Gasteiger partial charge in [0.25, 0.3) is 0 Å². The summed E-state index contributed by atoms with van der Waals surface area (Å²) in [6.45, 7) is 2.90. The summed E-state index contributed by atoms with van der Waals surface area (Å²) in [6, 6.07) is 14.3. The first-order valence-electron chi connectivity index (χ1n) is 15.9. The summed E-state index contributed by atoms with van der Waals surface area (Å²) < 4.78 is 10.5. The average molecular weight is 684 g/mol. The normalized spacial score (nSPS) is 22.9. The number of methoxy groups -OCH3 is 2. The number of nitrogens with zero attached hydrogens (tertiary/aromatic N) is 2. The van der Waals surface area contributed by atoms with Crippen molar-refractivity contribution in [2.45, 2.75) is 44.1 Å². The first-order chi connectivity index (χ1) is 22.7. The van der Waals surface area contributed by atoms with Crippen molar-refractivity contribution in [1.82, 2.24) is 15.5 Å². The highest BCUT2D eigenvalue weighted by Gasteiger charge is 2.46. The molecule has 0 spiro atoms. The molecule has 2 fully saturated rings. The quantitative estimate of drug-likeness (QED) is 0.339. The number of Topliss-reactive ketones (excluding diaryl/α,β-unsaturated/α-hetero) is 1. The second kappa shape index (κ2) is 16.0. The number of rotatable bonds is 11. The Morgan fingerprint density at radius 1 is 0.915 bits per heavy atom. The Kier molecular flexibility index (Phi) is 11.8. The highest BCUT2D eigenvalue weighted by Crippen LogP contribution is 2.46. The van der Waals surface area contributed by atoms with E-state index in [2.05, 4.69) is 10.6 Å². The number of benzene rings is 2. The van der Waals surface area contributed by atoms with Crippen LogP contribution in [0.25, 0.3) is 0 Å². The minimum atomic E-state index is -1.06. The third kappa shape index (κ3) is 7.95. The molecule has 2 N–H and O–H groups in total. The van der Waals surface area contributed by atoms with Crippen molar-refractivity contribution < 1.29 is 28.7 Å². The van der Waals surface area contributed by atoms with Gasteiger partial charge in [-0.15, -0.1) is 0 Å². The van der Waals surface area contributed by atoms with Crippen LogP contribution in [-0.4, -0.2) is 87.2 Å². The third-order valence-corrected chi connectivity index (χ3v) is 9.88. The molecule has 12 heteroatoms. The van der Waals surface area contributed by atoms with E-state index in [4.69, 9.17) is 37.7 Å². The smallest absolute Gasteiger partial charge is 0.336 e. The highest BCUT2D eigenvalue weighted by atomic mass is 35.5. The van der Waals surface area contributed by atoms with E-state index < -0.39 is 23.8 Å². The lowest BCUT2D eigenvalue weighted by Crippen LogP contribution is -2.54. The van der Waals surface area contributed by atoms with E-state index in [-0.39, 0.29) is 57.8 Å². The van der Waals surface area contributed by atoms with E-state index in [9.17, 15) is 19.2 Å². The van der Waals surface area contributed by atoms with Crippen LogP contribution in [0.5, 0.6) is 0 Å². The Hall–Kier alpha value is -3.57. The Balaban J connectivity index is 1.57. The fraction of sp³-hybridized carbons (Fsp3) is 0.457. The molecule has 5 rings (SSSR count). The van der Waals surface area contributed by atoms with Gasteiger partial charge in [0, 0.05) is 60.2 Å². The number of amides is 1. The molecule has 4 unspecified atom stereocenters. The maximum Gasteiger partial charge on any atom is 0.336 e. The first-order valence-corrected chi connectivity index (χ1v) is 16.7. The van der Waals surface area contributed by atoms with Crippen molar-refractivity contribution in [3.63, 3.8) is 0 Å². The molecular weight excluding hydrogens is 643 g/mol. The molecule has 47 heavy (non-hydrogen) atoms. The second-order valence-corrected chi connectivity index (χ2v) is 12.9. The molecule has 0 radical (unpaired) electrons. The van der Waals surface area contributed by atoms with Gasteiger partial charge in [-0.1, -0.05) is 59.6 Å². The zero-order chi connectivity index (χ0) is 33.5. The molecule has 0 saturated carbocycles. The third-order valence-electron chi connectivity index (χ3n) is 9.22. The average Bonchev–Trinajstić information content (AvgIpc) is 3.63. The molecule has 250 valence electrons. The van der Waals surface area contributed by atoms with Crippen LogP contribution in [0.2, 0.25) is 10.0 Å². The van der Waals surface area contributed by atoms with Crippen molar-refractivity contribution in [2.75, 3.05) is 46.9 Å². The minimum Gasteiger partial charge on any atom is -0.468 e. The lowest BCUT2D eigenvalue weighted by atomic mass is 9.73. The number of carbonyl (C=O) groups is 4. The Labute approximate surface area is 284 Å². The molecule has 10 nitrogen and oxygen atoms in total. The van der Waals surface area contributed by atoms with Crippen molar-refractivity contribution in [2.24, 2.45) is 16.8 Å². The van der Waals surface area contributed by atoms with Crippen LogP contribution in [0.3, 0.4) is 0 Å². The van der Waals surface area contributed by atoms with Crippen LogP contribution in [0.4, 0.5) is 0 Å². The number of aliphatic imine (C=N–C) groups is 1. The number of ether oxygens (including phenoxy) is 2. The summed E-state index contributed by atoms with van der Waals surface area (Å²) in [5.41, 5.74) is 2.01. The number of esters is 2. The second-order valence-electron chi connectivity index (χ2n) is 12.0. The van der Waals surface area contributed by atoms with Crippen molar-refractivity contribution in [3.05, 3.63) is 81.0 Å². The largest absolute Gasteiger partial charge is 0.468 e. The van der Waals surface area contributed by atoms with Gasteiger partial charge >= 0.3 is 11.9 Å². The van der Waals surface area contributed by atoms with Gasteiger partial charge in [0.2, 0.25) is 5.91 Å². The molecule has 0 bridgehead atoms. The summed E-state index contributed by atoms with van der Waals surface area (Å²) in [7, 11) is 2.51. The molecule has 1 amide bonds. The van der Waals surface area contributed by atoms with Crippen LogP contribution in [-0.2, 0) is 35.1 Å². The van der Waals surface area contributed by atoms with Gasteiger partial charge in [0.1, 0.15) is 11.7 Å². The van der Waals surface area contributed by atoms with Gasteiger partial charge in [-0.25, -0.2) is 4.79 Å². The molecule has 3 aliphatic heterocycles. The van der Waals surface area contributed by atoms with Gasteiger partial charge in [0.15, 0.2) is 0 Å². The van der Waals surface area contributed by atoms with Crippen LogP contribution in [0, 0.1) is 11.8 Å². The van der Waals surface area contributed by atoms with Gasteiger partial charge in [-0.3, -0.25) is 19.4 Å². The number of aryl methyl sites for hydroxylation is 1. The summed E-state index contributed by atoms with van der Waals surface area (Å²) in [5, 5.41) is 7.03. The van der Waals surface area contributed by atoms with E-state index in [1.807, 2.05) is 30.3 Å². The number of piperazine rings is 1. The summed E-state index contributed by atoms with van der Waals surface area (Å²) in [6.07, 6.45) is 1.66. The van der Waals surface area contributed by atoms with Gasteiger partial charge in [-0.2, -0.15) is 0 Å². The molecule has 4 atom stereocenters. The molecular formula is C35H40Cl2N4O6. The molecule has 2 aromatic carbocycles. The summed E-state index contributed by atoms with van der Waals surface area (Å²) >= 11 is 13.5. The molecule has 2 saturated heterocycles. The van der Waals surface area contributed by atoms with E-state index in [0.29, 0.717) is 50.3 Å². The van der Waals surface area contributed by atoms with Crippen LogP contribution in [0.15, 0.2) is 64.8 Å². The predicted molar refractivity (Wildman–Crippen MR) is 180 cm³/mol. The van der Waals surface area contributed by atoms with E-state index in [1.165, 1.54) is 14.2 Å². The highest BCUT2D eigenvalue weighted by molar-refractivity contribution is 6.36. The fourth-order valence-electron chi connectivity index (χ4n) is 6.82.